The number of aryl methyl sites for hydroxylation is 1. The zero-order valence-electron chi connectivity index (χ0n) is 15.4. The highest BCUT2D eigenvalue weighted by Gasteiger charge is 2.17. The molecule has 0 saturated heterocycles. The molecule has 0 fully saturated rings. The van der Waals surface area contributed by atoms with Gasteiger partial charge in [0.05, 0.1) is 18.2 Å². The van der Waals surface area contributed by atoms with Crippen LogP contribution in [0, 0.1) is 18.3 Å². The maximum absolute atomic E-state index is 12.1. The number of carbonyl (C=O) groups is 2. The SMILES string of the molecule is Cc1cccc(OCCCC(=O)O[C@H](C)C(=O)Nc2ccc(C#N)cc2)c1. The van der Waals surface area contributed by atoms with Crippen LogP contribution in [0.25, 0.3) is 0 Å². The van der Waals surface area contributed by atoms with Crippen molar-refractivity contribution in [3.63, 3.8) is 0 Å². The Bertz CT molecular complexity index is 825. The zero-order valence-corrected chi connectivity index (χ0v) is 15.4. The number of hydrogen-bond donors (Lipinski definition) is 1. The van der Waals surface area contributed by atoms with Gasteiger partial charge in [0.15, 0.2) is 6.10 Å². The molecule has 0 unspecified atom stereocenters. The van der Waals surface area contributed by atoms with Crippen LogP contribution in [0.2, 0.25) is 0 Å². The highest BCUT2D eigenvalue weighted by molar-refractivity contribution is 5.95. The van der Waals surface area contributed by atoms with Gasteiger partial charge < -0.3 is 14.8 Å². The Morgan fingerprint density at radius 1 is 1.19 bits per heavy atom. The Balaban J connectivity index is 1.69. The molecule has 1 amide bonds. The predicted molar refractivity (Wildman–Crippen MR) is 101 cm³/mol. The maximum Gasteiger partial charge on any atom is 0.306 e. The molecule has 1 atom stereocenters. The van der Waals surface area contributed by atoms with Gasteiger partial charge in [-0.15, -0.1) is 0 Å². The van der Waals surface area contributed by atoms with Crippen LogP contribution in [-0.4, -0.2) is 24.6 Å². The number of carbonyl (C=O) groups excluding carboxylic acids is 2. The summed E-state index contributed by atoms with van der Waals surface area (Å²) < 4.78 is 10.7. The van der Waals surface area contributed by atoms with Gasteiger partial charge in [0, 0.05) is 12.1 Å². The molecule has 1 N–H and O–H groups in total. The Hall–Kier alpha value is -3.33. The van der Waals surface area contributed by atoms with Gasteiger partial charge in [0.25, 0.3) is 5.91 Å². The second kappa shape index (κ2) is 9.97. The first-order valence-corrected chi connectivity index (χ1v) is 8.68. The Labute approximate surface area is 158 Å². The van der Waals surface area contributed by atoms with Crippen molar-refractivity contribution in [3.8, 4) is 11.8 Å². The van der Waals surface area contributed by atoms with E-state index in [1.54, 1.807) is 24.3 Å². The zero-order chi connectivity index (χ0) is 19.6. The van der Waals surface area contributed by atoms with Gasteiger partial charge in [0.1, 0.15) is 5.75 Å². The van der Waals surface area contributed by atoms with E-state index in [9.17, 15) is 9.59 Å². The van der Waals surface area contributed by atoms with Gasteiger partial charge in [-0.25, -0.2) is 0 Å². The molecule has 2 aromatic carbocycles. The Morgan fingerprint density at radius 2 is 1.93 bits per heavy atom. The van der Waals surface area contributed by atoms with Crippen molar-refractivity contribution in [3.05, 3.63) is 59.7 Å². The molecule has 0 aliphatic heterocycles. The summed E-state index contributed by atoms with van der Waals surface area (Å²) in [5.74, 6) is -0.118. The molecule has 6 nitrogen and oxygen atoms in total. The molecule has 0 radical (unpaired) electrons. The summed E-state index contributed by atoms with van der Waals surface area (Å²) in [6.45, 7) is 3.89. The number of benzene rings is 2. The number of ether oxygens (including phenoxy) is 2. The first-order chi connectivity index (χ1) is 13.0. The number of nitriles is 1. The van der Waals surface area contributed by atoms with E-state index in [1.165, 1.54) is 6.92 Å². The van der Waals surface area contributed by atoms with Crippen molar-refractivity contribution < 1.29 is 19.1 Å². The summed E-state index contributed by atoms with van der Waals surface area (Å²) in [6.07, 6.45) is -0.248. The Kier molecular flexibility index (Phi) is 7.38. The monoisotopic (exact) mass is 366 g/mol. The number of nitrogens with zero attached hydrogens (tertiary/aromatic N) is 1. The fourth-order valence-corrected chi connectivity index (χ4v) is 2.29. The minimum atomic E-state index is -0.911. The van der Waals surface area contributed by atoms with E-state index in [-0.39, 0.29) is 6.42 Å². The average Bonchev–Trinajstić information content (AvgIpc) is 2.66. The summed E-state index contributed by atoms with van der Waals surface area (Å²) in [5.41, 5.74) is 2.14. The van der Waals surface area contributed by atoms with Crippen molar-refractivity contribution in [2.45, 2.75) is 32.8 Å². The first-order valence-electron chi connectivity index (χ1n) is 8.68. The van der Waals surface area contributed by atoms with Crippen LogP contribution in [-0.2, 0) is 14.3 Å². The summed E-state index contributed by atoms with van der Waals surface area (Å²) in [5, 5.41) is 11.4. The van der Waals surface area contributed by atoms with Crippen LogP contribution in [0.15, 0.2) is 48.5 Å². The predicted octanol–water partition coefficient (Wildman–Crippen LogP) is 3.60. The molecule has 2 rings (SSSR count). The van der Waals surface area contributed by atoms with E-state index >= 15 is 0 Å². The van der Waals surface area contributed by atoms with E-state index in [2.05, 4.69) is 5.32 Å². The van der Waals surface area contributed by atoms with Gasteiger partial charge in [-0.05, 0) is 62.2 Å². The lowest BCUT2D eigenvalue weighted by atomic mass is 10.2. The van der Waals surface area contributed by atoms with Crippen LogP contribution in [0.5, 0.6) is 5.75 Å². The second-order valence-electron chi connectivity index (χ2n) is 6.08. The number of anilines is 1. The van der Waals surface area contributed by atoms with Crippen molar-refractivity contribution in [1.82, 2.24) is 0 Å². The molecule has 0 bridgehead atoms. The molecular formula is C21H22N2O4. The van der Waals surface area contributed by atoms with Gasteiger partial charge in [0.2, 0.25) is 0 Å². The normalized spacial score (nSPS) is 11.1. The lowest BCUT2D eigenvalue weighted by Crippen LogP contribution is -2.30. The molecule has 2 aromatic rings. The van der Waals surface area contributed by atoms with Crippen molar-refractivity contribution >= 4 is 17.6 Å². The van der Waals surface area contributed by atoms with Crippen LogP contribution in [0.4, 0.5) is 5.69 Å². The molecular weight excluding hydrogens is 344 g/mol. The molecule has 0 aromatic heterocycles. The van der Waals surface area contributed by atoms with E-state index in [0.717, 1.165) is 11.3 Å². The summed E-state index contributed by atoms with van der Waals surface area (Å²) in [6, 6.07) is 16.1. The lowest BCUT2D eigenvalue weighted by molar-refractivity contribution is -0.153. The fraction of sp³-hybridized carbons (Fsp3) is 0.286. The smallest absolute Gasteiger partial charge is 0.306 e. The molecule has 0 spiro atoms. The number of esters is 1. The number of hydrogen-bond acceptors (Lipinski definition) is 5. The third kappa shape index (κ3) is 6.83. The third-order valence-electron chi connectivity index (χ3n) is 3.74. The summed E-state index contributed by atoms with van der Waals surface area (Å²) in [4.78, 5) is 23.9. The number of amides is 1. The van der Waals surface area contributed by atoms with E-state index in [0.29, 0.717) is 24.3 Å². The minimum absolute atomic E-state index is 0.167. The molecule has 0 heterocycles. The average molecular weight is 366 g/mol. The fourth-order valence-electron chi connectivity index (χ4n) is 2.29. The van der Waals surface area contributed by atoms with Crippen molar-refractivity contribution in [2.75, 3.05) is 11.9 Å². The van der Waals surface area contributed by atoms with E-state index in [1.807, 2.05) is 37.3 Å². The van der Waals surface area contributed by atoms with E-state index in [4.69, 9.17) is 14.7 Å². The van der Waals surface area contributed by atoms with Gasteiger partial charge >= 0.3 is 5.97 Å². The number of nitrogens with one attached hydrogen (secondary N) is 1. The lowest BCUT2D eigenvalue weighted by Gasteiger charge is -2.13. The molecule has 6 heteroatoms. The minimum Gasteiger partial charge on any atom is -0.494 e. The summed E-state index contributed by atoms with van der Waals surface area (Å²) >= 11 is 0. The Morgan fingerprint density at radius 3 is 2.59 bits per heavy atom. The topological polar surface area (TPSA) is 88.4 Å². The van der Waals surface area contributed by atoms with E-state index < -0.39 is 18.0 Å². The quantitative estimate of drug-likeness (QED) is 0.570. The summed E-state index contributed by atoms with van der Waals surface area (Å²) in [7, 11) is 0. The number of rotatable bonds is 8. The largest absolute Gasteiger partial charge is 0.494 e. The molecule has 27 heavy (non-hydrogen) atoms. The van der Waals surface area contributed by atoms with Gasteiger partial charge in [-0.1, -0.05) is 12.1 Å². The van der Waals surface area contributed by atoms with Crippen LogP contribution >= 0.6 is 0 Å². The maximum atomic E-state index is 12.1. The molecule has 0 saturated carbocycles. The third-order valence-corrected chi connectivity index (χ3v) is 3.74. The first kappa shape index (κ1) is 20.0. The second-order valence-corrected chi connectivity index (χ2v) is 6.08. The van der Waals surface area contributed by atoms with Gasteiger partial charge in [-0.2, -0.15) is 5.26 Å². The van der Waals surface area contributed by atoms with Crippen molar-refractivity contribution in [2.24, 2.45) is 0 Å². The van der Waals surface area contributed by atoms with Crippen LogP contribution < -0.4 is 10.1 Å². The highest BCUT2D eigenvalue weighted by Crippen LogP contribution is 2.13. The molecule has 0 aliphatic rings. The van der Waals surface area contributed by atoms with Crippen molar-refractivity contribution in [1.29, 1.82) is 5.26 Å². The van der Waals surface area contributed by atoms with Crippen LogP contribution in [0.1, 0.15) is 30.9 Å². The highest BCUT2D eigenvalue weighted by atomic mass is 16.5. The van der Waals surface area contributed by atoms with Gasteiger partial charge in [-0.3, -0.25) is 9.59 Å². The molecule has 0 aliphatic carbocycles. The molecule has 140 valence electrons. The standard InChI is InChI=1S/C21H22N2O4/c1-15-5-3-6-19(13-15)26-12-4-7-20(24)27-16(2)21(25)23-18-10-8-17(14-22)9-11-18/h3,5-6,8-11,13,16H,4,7,12H2,1-2H3,(H,23,25)/t16-/m1/s1. The van der Waals surface area contributed by atoms with Crippen LogP contribution in [0.3, 0.4) is 0 Å².